The van der Waals surface area contributed by atoms with E-state index in [1.165, 1.54) is 6.07 Å². The lowest BCUT2D eigenvalue weighted by Gasteiger charge is -2.34. The molecule has 0 atom stereocenters. The van der Waals surface area contributed by atoms with Crippen LogP contribution in [0.2, 0.25) is 25.7 Å². The van der Waals surface area contributed by atoms with Crippen LogP contribution in [0.3, 0.4) is 0 Å². The van der Waals surface area contributed by atoms with Crippen molar-refractivity contribution in [3.05, 3.63) is 60.1 Å². The first kappa shape index (κ1) is 34.7. The van der Waals surface area contributed by atoms with Gasteiger partial charge in [-0.15, -0.1) is 0 Å². The molecule has 2 aliphatic rings. The van der Waals surface area contributed by atoms with Gasteiger partial charge in [-0.2, -0.15) is 5.10 Å². The molecule has 0 bridgehead atoms. The predicted molar refractivity (Wildman–Crippen MR) is 188 cm³/mol. The third-order valence-electron chi connectivity index (χ3n) is 8.56. The highest BCUT2D eigenvalue weighted by molar-refractivity contribution is 6.76. The van der Waals surface area contributed by atoms with E-state index in [1.807, 2.05) is 42.5 Å². The van der Waals surface area contributed by atoms with Gasteiger partial charge in [0.1, 0.15) is 18.1 Å². The summed E-state index contributed by atoms with van der Waals surface area (Å²) in [6.45, 7) is 15.7. The number of hydrogen-bond acceptors (Lipinski definition) is 9. The van der Waals surface area contributed by atoms with Gasteiger partial charge in [0.2, 0.25) is 0 Å². The van der Waals surface area contributed by atoms with Crippen LogP contribution < -0.4 is 5.32 Å². The molecule has 1 aromatic carbocycles. The number of carbonyl (C=O) groups excluding carboxylic acids is 2. The quantitative estimate of drug-likeness (QED) is 0.112. The number of anilines is 2. The molecular formula is C35H47FN8O4Si. The molecule has 4 aromatic rings. The maximum atomic E-state index is 15.6. The van der Waals surface area contributed by atoms with Crippen LogP contribution in [0.15, 0.2) is 43.0 Å². The minimum Gasteiger partial charge on any atom is -0.459 e. The average molecular weight is 691 g/mol. The highest BCUT2D eigenvalue weighted by atomic mass is 28.3. The van der Waals surface area contributed by atoms with Crippen molar-refractivity contribution in [3.8, 4) is 11.3 Å². The predicted octanol–water partition coefficient (Wildman–Crippen LogP) is 5.76. The number of aromatic nitrogens is 5. The zero-order valence-electron chi connectivity index (χ0n) is 29.3. The highest BCUT2D eigenvalue weighted by Crippen LogP contribution is 2.40. The molecule has 1 aliphatic carbocycles. The summed E-state index contributed by atoms with van der Waals surface area (Å²) >= 11 is 0. The summed E-state index contributed by atoms with van der Waals surface area (Å²) in [6.07, 6.45) is 9.63. The summed E-state index contributed by atoms with van der Waals surface area (Å²) in [4.78, 5) is 38.7. The summed E-state index contributed by atoms with van der Waals surface area (Å²) in [5, 5.41) is 7.65. The van der Waals surface area contributed by atoms with Crippen molar-refractivity contribution in [2.24, 2.45) is 0 Å². The van der Waals surface area contributed by atoms with E-state index in [-0.39, 0.29) is 29.7 Å². The summed E-state index contributed by atoms with van der Waals surface area (Å²) in [6, 6.07) is 5.55. The van der Waals surface area contributed by atoms with Gasteiger partial charge in [0.05, 0.1) is 36.0 Å². The molecule has 0 unspecified atom stereocenters. The molecule has 0 spiro atoms. The minimum atomic E-state index is -1.17. The lowest BCUT2D eigenvalue weighted by atomic mass is 10.1. The smallest absolute Gasteiger partial charge is 0.320 e. The van der Waals surface area contributed by atoms with Gasteiger partial charge in [0.15, 0.2) is 11.5 Å². The number of nitrogens with one attached hydrogen (secondary N) is 1. The third-order valence-corrected chi connectivity index (χ3v) is 10.3. The Morgan fingerprint density at radius 2 is 1.82 bits per heavy atom. The van der Waals surface area contributed by atoms with E-state index in [1.54, 1.807) is 34.1 Å². The molecule has 1 aliphatic heterocycles. The van der Waals surface area contributed by atoms with E-state index in [2.05, 4.69) is 35.0 Å². The van der Waals surface area contributed by atoms with Crippen molar-refractivity contribution >= 4 is 37.1 Å². The Kier molecular flexibility index (Phi) is 9.92. The number of imidazole rings is 1. The second-order valence-electron chi connectivity index (χ2n) is 15.2. The van der Waals surface area contributed by atoms with Crippen molar-refractivity contribution in [3.63, 3.8) is 0 Å². The molecule has 2 fully saturated rings. The molecule has 1 N–H and O–H groups in total. The summed E-state index contributed by atoms with van der Waals surface area (Å²) in [5.74, 6) is -0.316. The van der Waals surface area contributed by atoms with Gasteiger partial charge in [-0.3, -0.25) is 18.9 Å². The number of carbonyl (C=O) groups is 2. The van der Waals surface area contributed by atoms with Crippen LogP contribution in [0.1, 0.15) is 55.6 Å². The first-order chi connectivity index (χ1) is 23.2. The number of rotatable bonds is 12. The zero-order valence-corrected chi connectivity index (χ0v) is 30.3. The number of nitrogens with zero attached hydrogens (tertiary/aromatic N) is 7. The standard InChI is InChI=1S/C35H47FN8O4Si/c1-35(2,3)48-31(45)22-41-11-13-42(14-12-41)34(46)25-9-10-28(27(36)17-25)39-32-33-37-19-30(44(33)21-29(40-32)24-7-8-24)26-18-38-43(20-26)23-47-15-16-49(4,5)6/h9-10,17-21,24H,7-8,11-16,22-23H2,1-6H3,(H,39,40). The lowest BCUT2D eigenvalue weighted by molar-refractivity contribution is -0.156. The van der Waals surface area contributed by atoms with Crippen LogP contribution in [0, 0.1) is 5.82 Å². The summed E-state index contributed by atoms with van der Waals surface area (Å²) in [7, 11) is -1.17. The van der Waals surface area contributed by atoms with Gasteiger partial charge in [-0.25, -0.2) is 19.0 Å². The Bertz CT molecular complexity index is 1820. The van der Waals surface area contributed by atoms with Crippen LogP contribution in [-0.4, -0.2) is 98.8 Å². The number of fused-ring (bicyclic) bond motifs is 1. The van der Waals surface area contributed by atoms with Crippen LogP contribution >= 0.6 is 0 Å². The van der Waals surface area contributed by atoms with E-state index in [4.69, 9.17) is 14.5 Å². The Balaban J connectivity index is 1.13. The Morgan fingerprint density at radius 3 is 2.49 bits per heavy atom. The number of benzene rings is 1. The largest absolute Gasteiger partial charge is 0.459 e. The second-order valence-corrected chi connectivity index (χ2v) is 20.8. The van der Waals surface area contributed by atoms with Crippen molar-refractivity contribution in [2.75, 3.05) is 44.6 Å². The number of esters is 1. The van der Waals surface area contributed by atoms with Gasteiger partial charge < -0.3 is 19.7 Å². The van der Waals surface area contributed by atoms with E-state index >= 15 is 4.39 Å². The fraction of sp³-hybridized carbons (Fsp3) is 0.514. The van der Waals surface area contributed by atoms with Crippen LogP contribution in [-0.2, 0) is 21.0 Å². The molecule has 0 radical (unpaired) electrons. The third kappa shape index (κ3) is 8.91. The monoisotopic (exact) mass is 690 g/mol. The molecule has 262 valence electrons. The molecule has 49 heavy (non-hydrogen) atoms. The molecule has 12 nitrogen and oxygen atoms in total. The first-order valence-electron chi connectivity index (χ1n) is 17.0. The van der Waals surface area contributed by atoms with Crippen molar-refractivity contribution < 1.29 is 23.5 Å². The normalized spacial score (nSPS) is 15.9. The van der Waals surface area contributed by atoms with E-state index in [0.29, 0.717) is 56.9 Å². The number of halogens is 1. The number of ether oxygens (including phenoxy) is 2. The fourth-order valence-electron chi connectivity index (χ4n) is 5.71. The molecule has 6 rings (SSSR count). The molecule has 3 aromatic heterocycles. The topological polar surface area (TPSA) is 119 Å². The molecular weight excluding hydrogens is 644 g/mol. The van der Waals surface area contributed by atoms with E-state index in [9.17, 15) is 9.59 Å². The fourth-order valence-corrected chi connectivity index (χ4v) is 6.46. The van der Waals surface area contributed by atoms with Crippen molar-refractivity contribution in [2.45, 2.75) is 77.5 Å². The number of amides is 1. The van der Waals surface area contributed by atoms with Gasteiger partial charge in [0.25, 0.3) is 5.91 Å². The van der Waals surface area contributed by atoms with Crippen LogP contribution in [0.25, 0.3) is 16.9 Å². The lowest BCUT2D eigenvalue weighted by Crippen LogP contribution is -2.50. The molecule has 1 amide bonds. The molecule has 1 saturated carbocycles. The average Bonchev–Trinajstić information content (AvgIpc) is 3.62. The van der Waals surface area contributed by atoms with Crippen LogP contribution in [0.5, 0.6) is 0 Å². The maximum Gasteiger partial charge on any atom is 0.320 e. The SMILES string of the molecule is CC(C)(C)OC(=O)CN1CCN(C(=O)c2ccc(Nc3nc(C4CC4)cn4c(-c5cnn(COCC[Si](C)(C)C)c5)cnc34)c(F)c2)CC1. The Morgan fingerprint density at radius 1 is 1.06 bits per heavy atom. The van der Waals surface area contributed by atoms with Crippen LogP contribution in [0.4, 0.5) is 15.9 Å². The first-order valence-corrected chi connectivity index (χ1v) is 20.7. The minimum absolute atomic E-state index is 0.174. The van der Waals surface area contributed by atoms with E-state index in [0.717, 1.165) is 35.8 Å². The Labute approximate surface area is 287 Å². The zero-order chi connectivity index (χ0) is 34.9. The van der Waals surface area contributed by atoms with Gasteiger partial charge in [-0.1, -0.05) is 19.6 Å². The molecule has 14 heteroatoms. The second kappa shape index (κ2) is 14.0. The summed E-state index contributed by atoms with van der Waals surface area (Å²) < 4.78 is 30.6. The van der Waals surface area contributed by atoms with Gasteiger partial charge in [0, 0.05) is 70.3 Å². The number of hydrogen-bond donors (Lipinski definition) is 1. The van der Waals surface area contributed by atoms with Gasteiger partial charge >= 0.3 is 5.97 Å². The van der Waals surface area contributed by atoms with Crippen molar-refractivity contribution in [1.82, 2.24) is 33.9 Å². The molecule has 4 heterocycles. The maximum absolute atomic E-state index is 15.6. The van der Waals surface area contributed by atoms with E-state index < -0.39 is 19.5 Å². The number of piperazine rings is 1. The van der Waals surface area contributed by atoms with Crippen molar-refractivity contribution in [1.29, 1.82) is 0 Å². The summed E-state index contributed by atoms with van der Waals surface area (Å²) in [5.41, 5.74) is 3.13. The highest BCUT2D eigenvalue weighted by Gasteiger charge is 2.28. The molecule has 1 saturated heterocycles. The Hall–Kier alpha value is -4.14. The van der Waals surface area contributed by atoms with Gasteiger partial charge in [-0.05, 0) is 57.9 Å².